The number of nitrogens with one attached hydrogen (secondary N) is 4. The van der Waals surface area contributed by atoms with Gasteiger partial charge in [0, 0.05) is 24.3 Å². The number of primary amides is 1. The van der Waals surface area contributed by atoms with E-state index in [1.165, 1.54) is 12.1 Å². The maximum atomic E-state index is 12.2. The van der Waals surface area contributed by atoms with E-state index in [-0.39, 0.29) is 24.2 Å². The van der Waals surface area contributed by atoms with Crippen LogP contribution in [0.1, 0.15) is 16.8 Å². The second-order valence-corrected chi connectivity index (χ2v) is 6.79. The molecule has 0 aliphatic rings. The SMILES string of the molecule is NC(=O)CCNC(=O)Nc1cccc(NC(=O)c2cn[nH]c2S(N)(=O)=O)c1. The van der Waals surface area contributed by atoms with Crippen molar-refractivity contribution < 1.29 is 22.8 Å². The number of H-pyrrole nitrogens is 1. The van der Waals surface area contributed by atoms with E-state index in [2.05, 4.69) is 26.1 Å². The normalized spacial score (nSPS) is 10.9. The van der Waals surface area contributed by atoms with E-state index in [1.807, 2.05) is 0 Å². The molecule has 0 spiro atoms. The van der Waals surface area contributed by atoms with Crippen molar-refractivity contribution in [1.29, 1.82) is 0 Å². The molecule has 0 saturated carbocycles. The summed E-state index contributed by atoms with van der Waals surface area (Å²) in [6, 6.07) is 5.54. The standard InChI is InChI=1S/C14H17N7O5S/c15-11(22)4-5-17-14(24)20-9-3-1-2-8(6-9)19-12(23)10-7-18-21-13(10)27(16,25)26/h1-3,6-7H,4-5H2,(H2,15,22)(H,18,21)(H,19,23)(H2,16,25,26)(H2,17,20,24). The highest BCUT2D eigenvalue weighted by atomic mass is 32.2. The van der Waals surface area contributed by atoms with Crippen molar-refractivity contribution in [3.63, 3.8) is 0 Å². The van der Waals surface area contributed by atoms with E-state index < -0.39 is 32.9 Å². The van der Waals surface area contributed by atoms with Gasteiger partial charge in [-0.1, -0.05) is 6.07 Å². The Kier molecular flexibility index (Phi) is 6.10. The van der Waals surface area contributed by atoms with E-state index in [4.69, 9.17) is 10.9 Å². The van der Waals surface area contributed by atoms with Gasteiger partial charge in [0.2, 0.25) is 5.91 Å². The largest absolute Gasteiger partial charge is 0.370 e. The van der Waals surface area contributed by atoms with Crippen LogP contribution in [-0.4, -0.2) is 43.0 Å². The van der Waals surface area contributed by atoms with E-state index >= 15 is 0 Å². The molecule has 0 bridgehead atoms. The molecular formula is C14H17N7O5S. The van der Waals surface area contributed by atoms with Gasteiger partial charge in [-0.25, -0.2) is 18.4 Å². The van der Waals surface area contributed by atoms with Crippen molar-refractivity contribution >= 4 is 39.2 Å². The molecule has 0 unspecified atom stereocenters. The van der Waals surface area contributed by atoms with Gasteiger partial charge in [-0.15, -0.1) is 0 Å². The van der Waals surface area contributed by atoms with E-state index in [1.54, 1.807) is 12.1 Å². The number of nitrogens with two attached hydrogens (primary N) is 2. The molecule has 1 aromatic carbocycles. The molecule has 0 aliphatic carbocycles. The average molecular weight is 395 g/mol. The lowest BCUT2D eigenvalue weighted by Crippen LogP contribution is -2.31. The fourth-order valence-electron chi connectivity index (χ4n) is 2.00. The minimum Gasteiger partial charge on any atom is -0.370 e. The molecule has 2 aromatic rings. The van der Waals surface area contributed by atoms with Gasteiger partial charge in [-0.3, -0.25) is 14.7 Å². The zero-order chi connectivity index (χ0) is 20.0. The summed E-state index contributed by atoms with van der Waals surface area (Å²) in [6.45, 7) is 0.0778. The summed E-state index contributed by atoms with van der Waals surface area (Å²) < 4.78 is 22.8. The quantitative estimate of drug-likeness (QED) is 0.358. The Labute approximate surface area is 153 Å². The van der Waals surface area contributed by atoms with Crippen molar-refractivity contribution in [1.82, 2.24) is 15.5 Å². The fourth-order valence-corrected chi connectivity index (χ4v) is 2.63. The van der Waals surface area contributed by atoms with Crippen molar-refractivity contribution in [3.05, 3.63) is 36.0 Å². The van der Waals surface area contributed by atoms with Gasteiger partial charge < -0.3 is 21.7 Å². The Hall–Kier alpha value is -3.45. The number of sulfonamides is 1. The Morgan fingerprint density at radius 3 is 2.44 bits per heavy atom. The van der Waals surface area contributed by atoms with Gasteiger partial charge in [-0.2, -0.15) is 5.10 Å². The summed E-state index contributed by atoms with van der Waals surface area (Å²) in [5.74, 6) is -1.30. The first-order chi connectivity index (χ1) is 12.7. The molecule has 12 nitrogen and oxygen atoms in total. The third-order valence-electron chi connectivity index (χ3n) is 3.17. The number of hydrogen-bond acceptors (Lipinski definition) is 6. The molecule has 1 aromatic heterocycles. The highest BCUT2D eigenvalue weighted by Gasteiger charge is 2.22. The molecule has 0 aliphatic heterocycles. The van der Waals surface area contributed by atoms with Crippen molar-refractivity contribution in [3.8, 4) is 0 Å². The zero-order valence-electron chi connectivity index (χ0n) is 13.9. The van der Waals surface area contributed by atoms with E-state index in [9.17, 15) is 22.8 Å². The average Bonchev–Trinajstić information content (AvgIpc) is 3.04. The topological polar surface area (TPSA) is 202 Å². The Morgan fingerprint density at radius 2 is 1.81 bits per heavy atom. The molecule has 1 heterocycles. The van der Waals surface area contributed by atoms with Crippen LogP contribution in [0, 0.1) is 0 Å². The summed E-state index contributed by atoms with van der Waals surface area (Å²) in [7, 11) is -4.14. The number of benzene rings is 1. The van der Waals surface area contributed by atoms with Crippen LogP contribution in [0.25, 0.3) is 0 Å². The lowest BCUT2D eigenvalue weighted by molar-refractivity contribution is -0.117. The van der Waals surface area contributed by atoms with Crippen LogP contribution in [0.4, 0.5) is 16.2 Å². The van der Waals surface area contributed by atoms with Crippen LogP contribution < -0.4 is 26.8 Å². The molecule has 0 atom stereocenters. The summed E-state index contributed by atoms with van der Waals surface area (Å²) in [5.41, 5.74) is 5.36. The van der Waals surface area contributed by atoms with Crippen LogP contribution in [0.5, 0.6) is 0 Å². The summed E-state index contributed by atoms with van der Waals surface area (Å²) >= 11 is 0. The number of aromatic nitrogens is 2. The molecule has 13 heteroatoms. The number of carbonyl (C=O) groups is 3. The van der Waals surface area contributed by atoms with Crippen LogP contribution >= 0.6 is 0 Å². The third kappa shape index (κ3) is 5.79. The smallest absolute Gasteiger partial charge is 0.319 e. The first-order valence-corrected chi connectivity index (χ1v) is 9.02. The molecule has 8 N–H and O–H groups in total. The summed E-state index contributed by atoms with van der Waals surface area (Å²) in [6.07, 6.45) is 1.03. The zero-order valence-corrected chi connectivity index (χ0v) is 14.7. The summed E-state index contributed by atoms with van der Waals surface area (Å²) in [5, 5.41) is 17.6. The van der Waals surface area contributed by atoms with Crippen LogP contribution in [0.2, 0.25) is 0 Å². The van der Waals surface area contributed by atoms with Crippen molar-refractivity contribution in [2.24, 2.45) is 10.9 Å². The lowest BCUT2D eigenvalue weighted by Gasteiger charge is -2.09. The lowest BCUT2D eigenvalue weighted by atomic mass is 10.2. The number of amides is 4. The number of urea groups is 1. The van der Waals surface area contributed by atoms with Gasteiger partial charge >= 0.3 is 6.03 Å². The predicted octanol–water partition coefficient (Wildman–Crippen LogP) is -0.694. The molecule has 2 rings (SSSR count). The second-order valence-electron chi connectivity index (χ2n) is 5.29. The number of hydrogen-bond donors (Lipinski definition) is 6. The van der Waals surface area contributed by atoms with Gasteiger partial charge in [0.15, 0.2) is 5.03 Å². The monoisotopic (exact) mass is 395 g/mol. The van der Waals surface area contributed by atoms with Crippen LogP contribution in [0.15, 0.2) is 35.5 Å². The predicted molar refractivity (Wildman–Crippen MR) is 95.2 cm³/mol. The first kappa shape index (κ1) is 19.9. The number of aromatic amines is 1. The Morgan fingerprint density at radius 1 is 1.15 bits per heavy atom. The van der Waals surface area contributed by atoms with Crippen LogP contribution in [-0.2, 0) is 14.8 Å². The molecule has 4 amide bonds. The molecular weight excluding hydrogens is 378 g/mol. The number of primary sulfonamides is 1. The molecule has 27 heavy (non-hydrogen) atoms. The van der Waals surface area contributed by atoms with Gasteiger partial charge in [-0.05, 0) is 18.2 Å². The minimum atomic E-state index is -4.14. The fraction of sp³-hybridized carbons (Fsp3) is 0.143. The summed E-state index contributed by atoms with van der Waals surface area (Å²) in [4.78, 5) is 34.6. The highest BCUT2D eigenvalue weighted by Crippen LogP contribution is 2.17. The third-order valence-corrected chi connectivity index (χ3v) is 4.05. The Balaban J connectivity index is 2.03. The second kappa shape index (κ2) is 8.29. The van der Waals surface area contributed by atoms with E-state index in [0.717, 1.165) is 6.20 Å². The van der Waals surface area contributed by atoms with E-state index in [0.29, 0.717) is 5.69 Å². The number of nitrogens with zero attached hydrogens (tertiary/aromatic N) is 1. The molecule has 144 valence electrons. The number of carbonyl (C=O) groups excluding carboxylic acids is 3. The Bertz CT molecular complexity index is 970. The van der Waals surface area contributed by atoms with Gasteiger partial charge in [0.05, 0.1) is 11.8 Å². The first-order valence-electron chi connectivity index (χ1n) is 7.47. The number of anilines is 2. The highest BCUT2D eigenvalue weighted by molar-refractivity contribution is 7.89. The van der Waals surface area contributed by atoms with Gasteiger partial charge in [0.25, 0.3) is 15.9 Å². The molecule has 0 saturated heterocycles. The maximum Gasteiger partial charge on any atom is 0.319 e. The van der Waals surface area contributed by atoms with Crippen molar-refractivity contribution in [2.45, 2.75) is 11.4 Å². The molecule has 0 fully saturated rings. The van der Waals surface area contributed by atoms with Crippen LogP contribution in [0.3, 0.4) is 0 Å². The molecule has 0 radical (unpaired) electrons. The van der Waals surface area contributed by atoms with Gasteiger partial charge in [0.1, 0.15) is 0 Å². The maximum absolute atomic E-state index is 12.2. The number of rotatable bonds is 7. The van der Waals surface area contributed by atoms with Crippen molar-refractivity contribution in [2.75, 3.05) is 17.2 Å². The minimum absolute atomic E-state index is 0.000597.